The minimum atomic E-state index is -0.542. The van der Waals surface area contributed by atoms with Gasteiger partial charge in [-0.25, -0.2) is 15.0 Å². The Bertz CT molecular complexity index is 1230. The maximum absolute atomic E-state index is 12.3. The quantitative estimate of drug-likeness (QED) is 0.515. The summed E-state index contributed by atoms with van der Waals surface area (Å²) >= 11 is 0. The number of hydrogen-bond donors (Lipinski definition) is 2. The van der Waals surface area contributed by atoms with E-state index in [2.05, 4.69) is 20.2 Å². The maximum atomic E-state index is 12.3. The van der Waals surface area contributed by atoms with Gasteiger partial charge in [0, 0.05) is 30.9 Å². The van der Waals surface area contributed by atoms with E-state index in [9.17, 15) is 4.79 Å². The highest BCUT2D eigenvalue weighted by atomic mass is 16.5. The summed E-state index contributed by atoms with van der Waals surface area (Å²) in [6.07, 6.45) is 3.31. The van der Waals surface area contributed by atoms with Crippen LogP contribution < -0.4 is 16.0 Å². The highest BCUT2D eigenvalue weighted by molar-refractivity contribution is 5.99. The summed E-state index contributed by atoms with van der Waals surface area (Å²) in [6, 6.07) is 15.1. The molecule has 0 saturated carbocycles. The molecule has 156 valence electrons. The Kier molecular flexibility index (Phi) is 4.93. The van der Waals surface area contributed by atoms with Gasteiger partial charge in [-0.05, 0) is 12.1 Å². The van der Waals surface area contributed by atoms with E-state index in [1.165, 1.54) is 6.33 Å². The summed E-state index contributed by atoms with van der Waals surface area (Å²) in [4.78, 5) is 27.9. The molecule has 0 radical (unpaired) electrons. The van der Waals surface area contributed by atoms with Gasteiger partial charge in [-0.2, -0.15) is 0 Å². The smallest absolute Gasteiger partial charge is 0.268 e. The van der Waals surface area contributed by atoms with Gasteiger partial charge in [-0.3, -0.25) is 9.20 Å². The Morgan fingerprint density at radius 2 is 1.87 bits per heavy atom. The summed E-state index contributed by atoms with van der Waals surface area (Å²) in [5, 5.41) is 3.31. The standard InChI is InChI=1S/C22H21N7O2/c23-21(30)20-19(15-5-2-1-3-6-15)27-22-16(7-4-8-29(20)22)26-17-13-18(25-14-24-17)28-9-11-31-12-10-28/h1-8,13-14H,9-12H2,(H2,23,30)(H,24,25,26). The van der Waals surface area contributed by atoms with Crippen LogP contribution in [0.5, 0.6) is 0 Å². The van der Waals surface area contributed by atoms with Crippen molar-refractivity contribution in [2.75, 3.05) is 36.5 Å². The van der Waals surface area contributed by atoms with E-state index < -0.39 is 5.91 Å². The minimum Gasteiger partial charge on any atom is -0.378 e. The Morgan fingerprint density at radius 3 is 2.65 bits per heavy atom. The van der Waals surface area contributed by atoms with Crippen molar-refractivity contribution in [3.63, 3.8) is 0 Å². The highest BCUT2D eigenvalue weighted by Gasteiger charge is 2.20. The molecule has 0 atom stereocenters. The fraction of sp³-hybridized carbons (Fsp3) is 0.182. The second-order valence-electron chi connectivity index (χ2n) is 7.14. The average Bonchev–Trinajstić information content (AvgIpc) is 3.22. The number of imidazole rings is 1. The zero-order valence-corrected chi connectivity index (χ0v) is 16.7. The zero-order chi connectivity index (χ0) is 21.2. The fourth-order valence-corrected chi connectivity index (χ4v) is 3.72. The van der Waals surface area contributed by atoms with Crippen molar-refractivity contribution in [3.8, 4) is 11.3 Å². The largest absolute Gasteiger partial charge is 0.378 e. The first-order chi connectivity index (χ1) is 15.2. The Morgan fingerprint density at radius 1 is 1.06 bits per heavy atom. The second-order valence-corrected chi connectivity index (χ2v) is 7.14. The van der Waals surface area contributed by atoms with Gasteiger partial charge in [-0.15, -0.1) is 0 Å². The lowest BCUT2D eigenvalue weighted by atomic mass is 10.1. The van der Waals surface area contributed by atoms with E-state index in [4.69, 9.17) is 15.5 Å². The van der Waals surface area contributed by atoms with Crippen LogP contribution >= 0.6 is 0 Å². The monoisotopic (exact) mass is 415 g/mol. The summed E-state index contributed by atoms with van der Waals surface area (Å²) < 4.78 is 7.12. The summed E-state index contributed by atoms with van der Waals surface area (Å²) in [6.45, 7) is 2.93. The maximum Gasteiger partial charge on any atom is 0.268 e. The number of hydrogen-bond acceptors (Lipinski definition) is 7. The normalized spacial score (nSPS) is 14.0. The molecule has 1 aliphatic heterocycles. The summed E-state index contributed by atoms with van der Waals surface area (Å²) in [7, 11) is 0. The number of nitrogens with zero attached hydrogens (tertiary/aromatic N) is 5. The molecule has 1 aromatic carbocycles. The molecule has 9 nitrogen and oxygen atoms in total. The van der Waals surface area contributed by atoms with Gasteiger partial charge >= 0.3 is 0 Å². The number of pyridine rings is 1. The third kappa shape index (κ3) is 3.66. The lowest BCUT2D eigenvalue weighted by Crippen LogP contribution is -2.36. The number of nitrogens with two attached hydrogens (primary N) is 1. The molecule has 1 saturated heterocycles. The van der Waals surface area contributed by atoms with E-state index in [-0.39, 0.29) is 0 Å². The number of nitrogens with one attached hydrogen (secondary N) is 1. The Labute approximate surface area is 178 Å². The van der Waals surface area contributed by atoms with Gasteiger partial charge in [-0.1, -0.05) is 30.3 Å². The number of carbonyl (C=O) groups excluding carboxylic acids is 1. The third-order valence-electron chi connectivity index (χ3n) is 5.18. The van der Waals surface area contributed by atoms with Gasteiger partial charge in [0.25, 0.3) is 5.91 Å². The number of anilines is 3. The average molecular weight is 415 g/mol. The van der Waals surface area contributed by atoms with E-state index >= 15 is 0 Å². The van der Waals surface area contributed by atoms with Crippen LogP contribution in [0.1, 0.15) is 10.5 Å². The van der Waals surface area contributed by atoms with Crippen molar-refractivity contribution in [2.45, 2.75) is 0 Å². The molecule has 0 bridgehead atoms. The molecule has 3 aromatic heterocycles. The number of rotatable bonds is 5. The SMILES string of the molecule is NC(=O)c1c(-c2ccccc2)nc2c(Nc3cc(N4CCOCC4)ncn3)cccn12. The number of morpholine rings is 1. The molecular weight excluding hydrogens is 394 g/mol. The summed E-state index contributed by atoms with van der Waals surface area (Å²) in [5.74, 6) is 0.925. The molecule has 9 heteroatoms. The molecule has 4 heterocycles. The minimum absolute atomic E-state index is 0.335. The lowest BCUT2D eigenvalue weighted by molar-refractivity contribution is 0.0995. The molecule has 1 aliphatic rings. The molecular formula is C22H21N7O2. The lowest BCUT2D eigenvalue weighted by Gasteiger charge is -2.27. The summed E-state index contributed by atoms with van der Waals surface area (Å²) in [5.41, 5.74) is 8.70. The molecule has 4 aromatic rings. The molecule has 1 amide bonds. The van der Waals surface area contributed by atoms with Gasteiger partial charge in [0.15, 0.2) is 5.65 Å². The van der Waals surface area contributed by atoms with Crippen LogP contribution in [0.25, 0.3) is 16.9 Å². The van der Waals surface area contributed by atoms with Crippen molar-refractivity contribution in [2.24, 2.45) is 5.73 Å². The molecule has 31 heavy (non-hydrogen) atoms. The fourth-order valence-electron chi connectivity index (χ4n) is 3.72. The second kappa shape index (κ2) is 8.04. The molecule has 3 N–H and O–H groups in total. The van der Waals surface area contributed by atoms with Crippen LogP contribution in [0.2, 0.25) is 0 Å². The van der Waals surface area contributed by atoms with Crippen LogP contribution in [0.3, 0.4) is 0 Å². The predicted octanol–water partition coefficient (Wildman–Crippen LogP) is 2.47. The Balaban J connectivity index is 1.55. The first-order valence-electron chi connectivity index (χ1n) is 9.99. The van der Waals surface area contributed by atoms with Crippen molar-refractivity contribution >= 4 is 28.9 Å². The van der Waals surface area contributed by atoms with Crippen molar-refractivity contribution in [3.05, 3.63) is 66.7 Å². The van der Waals surface area contributed by atoms with E-state index in [1.807, 2.05) is 48.5 Å². The van der Waals surface area contributed by atoms with Crippen molar-refractivity contribution < 1.29 is 9.53 Å². The van der Waals surface area contributed by atoms with E-state index in [0.29, 0.717) is 41.8 Å². The number of aromatic nitrogens is 4. The predicted molar refractivity (Wildman–Crippen MR) is 117 cm³/mol. The first-order valence-corrected chi connectivity index (χ1v) is 9.99. The topological polar surface area (TPSA) is 111 Å². The van der Waals surface area contributed by atoms with Gasteiger partial charge < -0.3 is 20.7 Å². The van der Waals surface area contributed by atoms with Crippen molar-refractivity contribution in [1.29, 1.82) is 0 Å². The number of primary amides is 1. The first kappa shape index (κ1) is 19.0. The van der Waals surface area contributed by atoms with Gasteiger partial charge in [0.1, 0.15) is 29.4 Å². The molecule has 5 rings (SSSR count). The van der Waals surface area contributed by atoms with Crippen LogP contribution in [-0.4, -0.2) is 51.6 Å². The highest BCUT2D eigenvalue weighted by Crippen LogP contribution is 2.29. The number of amides is 1. The van der Waals surface area contributed by atoms with Gasteiger partial charge in [0.2, 0.25) is 0 Å². The van der Waals surface area contributed by atoms with Crippen LogP contribution in [0.4, 0.5) is 17.3 Å². The molecule has 0 aliphatic carbocycles. The molecule has 0 spiro atoms. The third-order valence-corrected chi connectivity index (χ3v) is 5.18. The van der Waals surface area contributed by atoms with Crippen LogP contribution in [0.15, 0.2) is 61.1 Å². The van der Waals surface area contributed by atoms with Crippen molar-refractivity contribution in [1.82, 2.24) is 19.4 Å². The van der Waals surface area contributed by atoms with Crippen LogP contribution in [-0.2, 0) is 4.74 Å². The molecule has 1 fully saturated rings. The van der Waals surface area contributed by atoms with Crippen LogP contribution in [0, 0.1) is 0 Å². The zero-order valence-electron chi connectivity index (χ0n) is 16.7. The molecule has 0 unspecified atom stereocenters. The number of fused-ring (bicyclic) bond motifs is 1. The van der Waals surface area contributed by atoms with Gasteiger partial charge in [0.05, 0.1) is 18.9 Å². The van der Waals surface area contributed by atoms with E-state index in [1.54, 1.807) is 10.6 Å². The Hall–Kier alpha value is -3.98. The van der Waals surface area contributed by atoms with E-state index in [0.717, 1.165) is 24.5 Å². The number of carbonyl (C=O) groups is 1. The number of ether oxygens (including phenoxy) is 1. The number of benzene rings is 1.